The first-order valence-corrected chi connectivity index (χ1v) is 7.12. The molecule has 2 unspecified atom stereocenters. The third-order valence-electron chi connectivity index (χ3n) is 3.04. The van der Waals surface area contributed by atoms with Crippen molar-refractivity contribution in [2.24, 2.45) is 5.73 Å². The van der Waals surface area contributed by atoms with E-state index in [1.54, 1.807) is 0 Å². The highest BCUT2D eigenvalue weighted by molar-refractivity contribution is 8.00. The lowest BCUT2D eigenvalue weighted by Crippen LogP contribution is -2.40. The number of aromatic nitrogens is 1. The summed E-state index contributed by atoms with van der Waals surface area (Å²) in [5.74, 6) is 1.07. The smallest absolute Gasteiger partial charge is 0.128 e. The molecule has 1 aromatic heterocycles. The van der Waals surface area contributed by atoms with Gasteiger partial charge >= 0.3 is 0 Å². The van der Waals surface area contributed by atoms with Gasteiger partial charge in [-0.05, 0) is 24.6 Å². The van der Waals surface area contributed by atoms with E-state index in [-0.39, 0.29) is 6.04 Å². The van der Waals surface area contributed by atoms with Crippen molar-refractivity contribution in [3.8, 4) is 0 Å². The first-order valence-electron chi connectivity index (χ1n) is 6.18. The van der Waals surface area contributed by atoms with Crippen molar-refractivity contribution in [1.82, 2.24) is 4.98 Å². The molecule has 0 aromatic carbocycles. The van der Waals surface area contributed by atoms with Gasteiger partial charge in [0, 0.05) is 35.8 Å². The quantitative estimate of drug-likeness (QED) is 0.876. The zero-order chi connectivity index (χ0) is 12.4. The summed E-state index contributed by atoms with van der Waals surface area (Å²) >= 11 is 2.06. The predicted octanol–water partition coefficient (Wildman–Crippen LogP) is 2.43. The summed E-state index contributed by atoms with van der Waals surface area (Å²) in [7, 11) is 0. The van der Waals surface area contributed by atoms with Crippen molar-refractivity contribution in [3.63, 3.8) is 0 Å². The lowest BCUT2D eigenvalue weighted by Gasteiger charge is -2.35. The minimum absolute atomic E-state index is 0.0748. The summed E-state index contributed by atoms with van der Waals surface area (Å²) in [6, 6.07) is 4.20. The molecule has 2 N–H and O–H groups in total. The van der Waals surface area contributed by atoms with Crippen LogP contribution < -0.4 is 10.6 Å². The van der Waals surface area contributed by atoms with Crippen molar-refractivity contribution in [1.29, 1.82) is 0 Å². The molecule has 94 valence electrons. The molecule has 2 rings (SSSR count). The zero-order valence-electron chi connectivity index (χ0n) is 10.8. The monoisotopic (exact) mass is 251 g/mol. The van der Waals surface area contributed by atoms with E-state index in [0.29, 0.717) is 10.5 Å². The molecule has 0 aliphatic carbocycles. The molecule has 2 heterocycles. The third kappa shape index (κ3) is 3.13. The largest absolute Gasteiger partial charge is 0.354 e. The topological polar surface area (TPSA) is 42.1 Å². The van der Waals surface area contributed by atoms with E-state index in [1.807, 2.05) is 19.2 Å². The van der Waals surface area contributed by atoms with Gasteiger partial charge in [-0.15, -0.1) is 0 Å². The zero-order valence-corrected chi connectivity index (χ0v) is 11.6. The molecule has 0 bridgehead atoms. The van der Waals surface area contributed by atoms with E-state index in [0.717, 1.165) is 24.5 Å². The van der Waals surface area contributed by atoms with Crippen LogP contribution in [0.3, 0.4) is 0 Å². The Bertz CT molecular complexity index is 371. The molecule has 1 aliphatic heterocycles. The van der Waals surface area contributed by atoms with Crippen LogP contribution in [0.15, 0.2) is 18.3 Å². The van der Waals surface area contributed by atoms with Crippen LogP contribution in [0.4, 0.5) is 5.82 Å². The van der Waals surface area contributed by atoms with E-state index in [4.69, 9.17) is 5.73 Å². The highest BCUT2D eigenvalue weighted by Gasteiger charge is 2.23. The molecule has 0 radical (unpaired) electrons. The van der Waals surface area contributed by atoms with E-state index >= 15 is 0 Å². The summed E-state index contributed by atoms with van der Waals surface area (Å²) in [5.41, 5.74) is 7.08. The van der Waals surface area contributed by atoms with E-state index in [9.17, 15) is 0 Å². The minimum Gasteiger partial charge on any atom is -0.354 e. The molecule has 17 heavy (non-hydrogen) atoms. The number of rotatable bonds is 2. The van der Waals surface area contributed by atoms with Gasteiger partial charge in [0.2, 0.25) is 0 Å². The molecule has 0 saturated carbocycles. The number of pyridine rings is 1. The van der Waals surface area contributed by atoms with Crippen molar-refractivity contribution < 1.29 is 0 Å². The third-order valence-corrected chi connectivity index (χ3v) is 4.27. The number of anilines is 1. The molecule has 1 saturated heterocycles. The van der Waals surface area contributed by atoms with Gasteiger partial charge in [-0.2, -0.15) is 11.8 Å². The molecule has 3 nitrogen and oxygen atoms in total. The normalized spacial score (nSPS) is 26.9. The van der Waals surface area contributed by atoms with Gasteiger partial charge in [0.25, 0.3) is 0 Å². The summed E-state index contributed by atoms with van der Waals surface area (Å²) in [4.78, 5) is 6.85. The van der Waals surface area contributed by atoms with Crippen LogP contribution >= 0.6 is 11.8 Å². The summed E-state index contributed by atoms with van der Waals surface area (Å²) < 4.78 is 0. The molecule has 0 amide bonds. The number of hydrogen-bond donors (Lipinski definition) is 1. The van der Waals surface area contributed by atoms with E-state index in [2.05, 4.69) is 41.6 Å². The standard InChI is InChI=1S/C13H21N3S/c1-9-7-16(8-10(2)17-9)13-6-12(11(3)14)4-5-15-13/h4-6,9-11H,7-8,14H2,1-3H3/t9?,10?,11-/m0/s1. The van der Waals surface area contributed by atoms with Crippen molar-refractivity contribution in [2.75, 3.05) is 18.0 Å². The summed E-state index contributed by atoms with van der Waals surface area (Å²) in [6.07, 6.45) is 1.87. The van der Waals surface area contributed by atoms with Crippen LogP contribution in [0.5, 0.6) is 0 Å². The molecule has 1 aliphatic rings. The SMILES string of the molecule is CC1CN(c2cc([C@H](C)N)ccn2)CC(C)S1. The molecular weight excluding hydrogens is 230 g/mol. The van der Waals surface area contributed by atoms with Crippen LogP contribution in [0.1, 0.15) is 32.4 Å². The minimum atomic E-state index is 0.0748. The maximum Gasteiger partial charge on any atom is 0.128 e. The van der Waals surface area contributed by atoms with Crippen LogP contribution in [0.2, 0.25) is 0 Å². The fourth-order valence-electron chi connectivity index (χ4n) is 2.26. The van der Waals surface area contributed by atoms with Gasteiger partial charge in [-0.1, -0.05) is 13.8 Å². The molecule has 1 aromatic rings. The van der Waals surface area contributed by atoms with Gasteiger partial charge in [0.1, 0.15) is 5.82 Å². The van der Waals surface area contributed by atoms with Gasteiger partial charge in [-0.3, -0.25) is 0 Å². The second-order valence-electron chi connectivity index (χ2n) is 4.90. The fraction of sp³-hybridized carbons (Fsp3) is 0.615. The summed E-state index contributed by atoms with van der Waals surface area (Å²) in [6.45, 7) is 8.72. The fourth-order valence-corrected chi connectivity index (χ4v) is 3.58. The second kappa shape index (κ2) is 5.27. The Balaban J connectivity index is 2.18. The average Bonchev–Trinajstić information content (AvgIpc) is 2.28. The maximum absolute atomic E-state index is 5.92. The molecule has 1 fully saturated rings. The Morgan fingerprint density at radius 3 is 2.65 bits per heavy atom. The Labute approximate surface area is 108 Å². The molecule has 0 spiro atoms. The highest BCUT2D eigenvalue weighted by Crippen LogP contribution is 2.28. The van der Waals surface area contributed by atoms with Crippen molar-refractivity contribution >= 4 is 17.6 Å². The predicted molar refractivity (Wildman–Crippen MR) is 75.6 cm³/mol. The maximum atomic E-state index is 5.92. The number of thioether (sulfide) groups is 1. The van der Waals surface area contributed by atoms with E-state index in [1.165, 1.54) is 0 Å². The molecule has 4 heteroatoms. The number of nitrogens with zero attached hydrogens (tertiary/aromatic N) is 2. The van der Waals surface area contributed by atoms with Gasteiger partial charge in [0.15, 0.2) is 0 Å². The lowest BCUT2D eigenvalue weighted by molar-refractivity contribution is 0.715. The first kappa shape index (κ1) is 12.7. The Morgan fingerprint density at radius 2 is 2.06 bits per heavy atom. The average molecular weight is 251 g/mol. The Morgan fingerprint density at radius 1 is 1.41 bits per heavy atom. The lowest BCUT2D eigenvalue weighted by atomic mass is 10.1. The summed E-state index contributed by atoms with van der Waals surface area (Å²) in [5, 5.41) is 1.33. The highest BCUT2D eigenvalue weighted by atomic mass is 32.2. The Hall–Kier alpha value is -0.740. The number of hydrogen-bond acceptors (Lipinski definition) is 4. The van der Waals surface area contributed by atoms with Crippen LogP contribution in [0, 0.1) is 0 Å². The molecular formula is C13H21N3S. The Kier molecular flexibility index (Phi) is 3.94. The second-order valence-corrected chi connectivity index (χ2v) is 6.78. The van der Waals surface area contributed by atoms with Crippen LogP contribution in [0.25, 0.3) is 0 Å². The van der Waals surface area contributed by atoms with Gasteiger partial charge in [0.05, 0.1) is 0 Å². The van der Waals surface area contributed by atoms with E-state index < -0.39 is 0 Å². The van der Waals surface area contributed by atoms with Gasteiger partial charge < -0.3 is 10.6 Å². The van der Waals surface area contributed by atoms with Crippen molar-refractivity contribution in [3.05, 3.63) is 23.9 Å². The van der Waals surface area contributed by atoms with Gasteiger partial charge in [-0.25, -0.2) is 4.98 Å². The molecule has 3 atom stereocenters. The van der Waals surface area contributed by atoms with Crippen LogP contribution in [-0.2, 0) is 0 Å². The number of nitrogens with two attached hydrogens (primary N) is 1. The van der Waals surface area contributed by atoms with Crippen molar-refractivity contribution in [2.45, 2.75) is 37.3 Å². The first-order chi connectivity index (χ1) is 8.06. The van der Waals surface area contributed by atoms with Crippen LogP contribution in [-0.4, -0.2) is 28.6 Å².